The van der Waals surface area contributed by atoms with Crippen molar-refractivity contribution in [3.8, 4) is 6.07 Å². The van der Waals surface area contributed by atoms with Gasteiger partial charge >= 0.3 is 0 Å². The van der Waals surface area contributed by atoms with Crippen LogP contribution < -0.4 is 0 Å². The number of halogens is 3. The number of unbranched alkanes of at least 4 members (excludes halogenated alkanes) is 1. The number of nitrogens with zero attached hydrogens (tertiary/aromatic N) is 1. The van der Waals surface area contributed by atoms with E-state index in [9.17, 15) is 14.0 Å². The van der Waals surface area contributed by atoms with Crippen molar-refractivity contribution in [2.75, 3.05) is 0 Å². The summed E-state index contributed by atoms with van der Waals surface area (Å²) in [5.74, 6) is -0.323. The largest absolute Gasteiger partial charge is 0.238 e. The molecule has 0 aliphatic carbocycles. The Bertz CT molecular complexity index is 618. The van der Waals surface area contributed by atoms with Crippen molar-refractivity contribution in [1.82, 2.24) is 0 Å². The highest BCUT2D eigenvalue weighted by molar-refractivity contribution is 7.23. The lowest BCUT2D eigenvalue weighted by atomic mass is 9.94. The van der Waals surface area contributed by atoms with Gasteiger partial charge in [0.1, 0.15) is 0 Å². The van der Waals surface area contributed by atoms with Crippen molar-refractivity contribution >= 4 is 33.0 Å². The smallest absolute Gasteiger partial charge is 0.211 e. The molecule has 0 spiro atoms. The standard InChI is InChI=1S/C15H14ClF2NS/c16-15-14(11-6-2-3-7-12(11)20-15)10(9-19)5-1-4-8-13(17)18/h2-3,6-7,10,13H,1,4-5,8H2. The van der Waals surface area contributed by atoms with Gasteiger partial charge in [0.25, 0.3) is 0 Å². The molecule has 1 atom stereocenters. The van der Waals surface area contributed by atoms with Crippen LogP contribution >= 0.6 is 22.9 Å². The van der Waals surface area contributed by atoms with Crippen LogP contribution in [0.15, 0.2) is 24.3 Å². The monoisotopic (exact) mass is 313 g/mol. The summed E-state index contributed by atoms with van der Waals surface area (Å²) in [5, 5.41) is 10.3. The fourth-order valence-electron chi connectivity index (χ4n) is 2.28. The van der Waals surface area contributed by atoms with E-state index in [1.165, 1.54) is 11.3 Å². The Morgan fingerprint density at radius 3 is 2.60 bits per heavy atom. The number of benzene rings is 1. The summed E-state index contributed by atoms with van der Waals surface area (Å²) in [6.45, 7) is 0. The van der Waals surface area contributed by atoms with E-state index in [1.54, 1.807) is 0 Å². The van der Waals surface area contributed by atoms with Gasteiger partial charge in [-0.25, -0.2) is 8.78 Å². The number of rotatable bonds is 6. The summed E-state index contributed by atoms with van der Waals surface area (Å²) >= 11 is 7.71. The molecular formula is C15H14ClF2NS. The summed E-state index contributed by atoms with van der Waals surface area (Å²) in [7, 11) is 0. The molecular weight excluding hydrogens is 300 g/mol. The molecule has 2 aromatic rings. The zero-order valence-corrected chi connectivity index (χ0v) is 12.4. The number of fused-ring (bicyclic) bond motifs is 1. The molecule has 0 saturated carbocycles. The normalized spacial score (nSPS) is 12.8. The van der Waals surface area contributed by atoms with Crippen LogP contribution in [0.3, 0.4) is 0 Å². The highest BCUT2D eigenvalue weighted by Gasteiger charge is 2.19. The van der Waals surface area contributed by atoms with E-state index in [0.29, 0.717) is 23.6 Å². The van der Waals surface area contributed by atoms with Gasteiger partial charge in [-0.05, 0) is 24.3 Å². The van der Waals surface area contributed by atoms with Crippen molar-refractivity contribution < 1.29 is 8.78 Å². The summed E-state index contributed by atoms with van der Waals surface area (Å²) in [4.78, 5) is 0. The summed E-state index contributed by atoms with van der Waals surface area (Å²) < 4.78 is 25.9. The third kappa shape index (κ3) is 3.47. The Morgan fingerprint density at radius 1 is 1.20 bits per heavy atom. The number of nitriles is 1. The summed E-state index contributed by atoms with van der Waals surface area (Å²) in [5.41, 5.74) is 0.854. The molecule has 2 rings (SSSR count). The highest BCUT2D eigenvalue weighted by atomic mass is 35.5. The van der Waals surface area contributed by atoms with Crippen LogP contribution in [0.2, 0.25) is 4.34 Å². The maximum Gasteiger partial charge on any atom is 0.238 e. The Kier molecular flexibility index (Phi) is 5.33. The molecule has 1 heterocycles. The average molecular weight is 314 g/mol. The highest BCUT2D eigenvalue weighted by Crippen LogP contribution is 2.41. The van der Waals surface area contributed by atoms with Gasteiger partial charge in [-0.2, -0.15) is 5.26 Å². The second kappa shape index (κ2) is 7.01. The SMILES string of the molecule is N#CC(CCCCC(F)F)c1c(Cl)sc2ccccc12. The number of hydrogen-bond acceptors (Lipinski definition) is 2. The van der Waals surface area contributed by atoms with Gasteiger partial charge in [0.2, 0.25) is 6.43 Å². The van der Waals surface area contributed by atoms with Crippen LogP contribution in [0, 0.1) is 11.3 Å². The van der Waals surface area contributed by atoms with Crippen molar-refractivity contribution in [1.29, 1.82) is 5.26 Å². The van der Waals surface area contributed by atoms with Crippen LogP contribution in [-0.2, 0) is 0 Å². The Morgan fingerprint density at radius 2 is 1.90 bits per heavy atom. The minimum Gasteiger partial charge on any atom is -0.211 e. The van der Waals surface area contributed by atoms with Gasteiger partial charge in [-0.1, -0.05) is 36.2 Å². The van der Waals surface area contributed by atoms with E-state index in [-0.39, 0.29) is 12.3 Å². The minimum atomic E-state index is -2.26. The molecule has 5 heteroatoms. The molecule has 106 valence electrons. The zero-order valence-electron chi connectivity index (χ0n) is 10.8. The lowest BCUT2D eigenvalue weighted by Crippen LogP contribution is -1.97. The number of thiophene rings is 1. The molecule has 0 fully saturated rings. The third-order valence-corrected chi connectivity index (χ3v) is 4.67. The minimum absolute atomic E-state index is 0.101. The maximum absolute atomic E-state index is 12.1. The number of alkyl halides is 2. The molecule has 1 aromatic carbocycles. The molecule has 1 aromatic heterocycles. The van der Waals surface area contributed by atoms with Gasteiger partial charge in [0.05, 0.1) is 16.3 Å². The van der Waals surface area contributed by atoms with E-state index >= 15 is 0 Å². The van der Waals surface area contributed by atoms with Crippen LogP contribution in [0.4, 0.5) is 8.78 Å². The number of hydrogen-bond donors (Lipinski definition) is 0. The predicted octanol–water partition coefficient (Wildman–Crippen LogP) is 5.99. The van der Waals surface area contributed by atoms with E-state index < -0.39 is 6.43 Å². The molecule has 20 heavy (non-hydrogen) atoms. The average Bonchev–Trinajstić information content (AvgIpc) is 2.75. The van der Waals surface area contributed by atoms with Gasteiger partial charge in [-0.15, -0.1) is 11.3 Å². The first-order valence-corrected chi connectivity index (χ1v) is 7.67. The zero-order chi connectivity index (χ0) is 14.5. The van der Waals surface area contributed by atoms with Gasteiger partial charge < -0.3 is 0 Å². The first kappa shape index (κ1) is 15.2. The van der Waals surface area contributed by atoms with Crippen LogP contribution in [0.25, 0.3) is 10.1 Å². The van der Waals surface area contributed by atoms with E-state index in [1.807, 2.05) is 24.3 Å². The fraction of sp³-hybridized carbons (Fsp3) is 0.400. The molecule has 0 aliphatic heterocycles. The van der Waals surface area contributed by atoms with Crippen LogP contribution in [0.5, 0.6) is 0 Å². The fourth-order valence-corrected chi connectivity index (χ4v) is 3.75. The third-order valence-electron chi connectivity index (χ3n) is 3.26. The predicted molar refractivity (Wildman–Crippen MR) is 79.7 cm³/mol. The first-order valence-electron chi connectivity index (χ1n) is 6.48. The van der Waals surface area contributed by atoms with Crippen molar-refractivity contribution in [2.45, 2.75) is 38.0 Å². The molecule has 0 saturated heterocycles. The van der Waals surface area contributed by atoms with Crippen molar-refractivity contribution in [3.63, 3.8) is 0 Å². The topological polar surface area (TPSA) is 23.8 Å². The van der Waals surface area contributed by atoms with Gasteiger partial charge in [-0.3, -0.25) is 0 Å². The van der Waals surface area contributed by atoms with Crippen LogP contribution in [-0.4, -0.2) is 6.43 Å². The Hall–Kier alpha value is -1.18. The van der Waals surface area contributed by atoms with Gasteiger partial charge in [0, 0.05) is 16.7 Å². The molecule has 1 nitrogen and oxygen atoms in total. The van der Waals surface area contributed by atoms with Crippen molar-refractivity contribution in [3.05, 3.63) is 34.2 Å². The lowest BCUT2D eigenvalue weighted by molar-refractivity contribution is 0.133. The summed E-state index contributed by atoms with van der Waals surface area (Å²) in [6.07, 6.45) is -0.737. The first-order chi connectivity index (χ1) is 9.63. The Balaban J connectivity index is 2.14. The van der Waals surface area contributed by atoms with E-state index in [0.717, 1.165) is 15.6 Å². The Labute approximate surface area is 125 Å². The van der Waals surface area contributed by atoms with E-state index in [4.69, 9.17) is 11.6 Å². The molecule has 0 amide bonds. The van der Waals surface area contributed by atoms with Gasteiger partial charge in [0.15, 0.2) is 0 Å². The quantitative estimate of drug-likeness (QED) is 0.601. The summed E-state index contributed by atoms with van der Waals surface area (Å²) in [6, 6.07) is 10.0. The second-order valence-electron chi connectivity index (χ2n) is 4.64. The van der Waals surface area contributed by atoms with E-state index in [2.05, 4.69) is 6.07 Å². The second-order valence-corrected chi connectivity index (χ2v) is 6.30. The molecule has 0 radical (unpaired) electrons. The van der Waals surface area contributed by atoms with Crippen molar-refractivity contribution in [2.24, 2.45) is 0 Å². The molecule has 0 aliphatic rings. The molecule has 1 unspecified atom stereocenters. The molecule has 0 bridgehead atoms. The maximum atomic E-state index is 12.1. The molecule has 0 N–H and O–H groups in total. The van der Waals surface area contributed by atoms with Crippen LogP contribution in [0.1, 0.15) is 37.2 Å². The lowest BCUT2D eigenvalue weighted by Gasteiger charge is -2.09.